The van der Waals surface area contributed by atoms with Crippen molar-refractivity contribution in [1.82, 2.24) is 20.2 Å². The quantitative estimate of drug-likeness (QED) is 0.820. The van der Waals surface area contributed by atoms with Crippen molar-refractivity contribution in [2.45, 2.75) is 33.4 Å². The van der Waals surface area contributed by atoms with Gasteiger partial charge in [-0.15, -0.1) is 0 Å². The van der Waals surface area contributed by atoms with Gasteiger partial charge >= 0.3 is 0 Å². The minimum absolute atomic E-state index is 0.191. The van der Waals surface area contributed by atoms with Gasteiger partial charge in [0, 0.05) is 12.4 Å². The van der Waals surface area contributed by atoms with Gasteiger partial charge < -0.3 is 14.7 Å². The second-order valence-corrected chi connectivity index (χ2v) is 4.90. The third-order valence-electron chi connectivity index (χ3n) is 3.44. The monoisotopic (exact) mass is 290 g/mol. The molecular weight excluding hydrogens is 268 g/mol. The fourth-order valence-electron chi connectivity index (χ4n) is 2.10. The number of rotatable bonds is 7. The van der Waals surface area contributed by atoms with E-state index in [1.165, 1.54) is 0 Å². The SMILES string of the molecule is CCN(CC)Cc1ccc(C(=O)NC(C)c2ncc[nH]2)o1. The maximum absolute atomic E-state index is 12.1. The summed E-state index contributed by atoms with van der Waals surface area (Å²) in [6.45, 7) is 8.70. The average Bonchev–Trinajstić information content (AvgIpc) is 3.16. The molecule has 1 unspecified atom stereocenters. The number of furan rings is 1. The average molecular weight is 290 g/mol. The van der Waals surface area contributed by atoms with Crippen LogP contribution < -0.4 is 5.32 Å². The van der Waals surface area contributed by atoms with Crippen molar-refractivity contribution in [3.8, 4) is 0 Å². The molecule has 2 N–H and O–H groups in total. The Labute approximate surface area is 124 Å². The summed E-state index contributed by atoms with van der Waals surface area (Å²) in [5.74, 6) is 1.62. The van der Waals surface area contributed by atoms with Crippen molar-refractivity contribution in [3.63, 3.8) is 0 Å². The molecule has 1 atom stereocenters. The molecule has 2 heterocycles. The zero-order valence-corrected chi connectivity index (χ0v) is 12.7. The number of aromatic nitrogens is 2. The molecular formula is C15H22N4O2. The minimum atomic E-state index is -0.232. The highest BCUT2D eigenvalue weighted by molar-refractivity contribution is 5.91. The molecule has 0 saturated heterocycles. The highest BCUT2D eigenvalue weighted by Gasteiger charge is 2.16. The molecule has 21 heavy (non-hydrogen) atoms. The van der Waals surface area contributed by atoms with Crippen molar-refractivity contribution in [1.29, 1.82) is 0 Å². The zero-order chi connectivity index (χ0) is 15.2. The standard InChI is InChI=1S/C15H22N4O2/c1-4-19(5-2)10-12-6-7-13(21-12)15(20)18-11(3)14-16-8-9-17-14/h6-9,11H,4-5,10H2,1-3H3,(H,16,17)(H,18,20). The van der Waals surface area contributed by atoms with Gasteiger partial charge in [-0.3, -0.25) is 9.69 Å². The molecule has 0 aliphatic heterocycles. The van der Waals surface area contributed by atoms with E-state index in [0.29, 0.717) is 12.3 Å². The van der Waals surface area contributed by atoms with Gasteiger partial charge in [0.15, 0.2) is 5.76 Å². The van der Waals surface area contributed by atoms with Crippen molar-refractivity contribution in [2.75, 3.05) is 13.1 Å². The molecule has 2 aromatic rings. The van der Waals surface area contributed by atoms with Crippen LogP contribution in [0.4, 0.5) is 0 Å². The number of nitrogens with zero attached hydrogens (tertiary/aromatic N) is 2. The summed E-state index contributed by atoms with van der Waals surface area (Å²) in [6, 6.07) is 3.37. The van der Waals surface area contributed by atoms with Gasteiger partial charge in [-0.1, -0.05) is 13.8 Å². The summed E-state index contributed by atoms with van der Waals surface area (Å²) in [5, 5.41) is 2.85. The van der Waals surface area contributed by atoms with Crippen LogP contribution >= 0.6 is 0 Å². The summed E-state index contributed by atoms with van der Waals surface area (Å²) >= 11 is 0. The van der Waals surface area contributed by atoms with Gasteiger partial charge in [-0.25, -0.2) is 4.98 Å². The highest BCUT2D eigenvalue weighted by atomic mass is 16.4. The minimum Gasteiger partial charge on any atom is -0.455 e. The molecule has 6 heteroatoms. The number of carbonyl (C=O) groups excluding carboxylic acids is 1. The molecule has 0 aliphatic carbocycles. The number of hydrogen-bond acceptors (Lipinski definition) is 4. The van der Waals surface area contributed by atoms with Crippen LogP contribution in [0.2, 0.25) is 0 Å². The third-order valence-corrected chi connectivity index (χ3v) is 3.44. The third kappa shape index (κ3) is 3.95. The van der Waals surface area contributed by atoms with Gasteiger partial charge in [-0.2, -0.15) is 0 Å². The normalized spacial score (nSPS) is 12.6. The van der Waals surface area contributed by atoms with Crippen LogP contribution in [0.1, 0.15) is 49.0 Å². The molecule has 2 aromatic heterocycles. The lowest BCUT2D eigenvalue weighted by molar-refractivity contribution is 0.0906. The first-order chi connectivity index (χ1) is 10.1. The Hall–Kier alpha value is -2.08. The number of amides is 1. The summed E-state index contributed by atoms with van der Waals surface area (Å²) < 4.78 is 5.61. The first kappa shape index (κ1) is 15.3. The number of carbonyl (C=O) groups is 1. The molecule has 0 aromatic carbocycles. The second-order valence-electron chi connectivity index (χ2n) is 4.90. The molecule has 0 aliphatic rings. The van der Waals surface area contributed by atoms with Gasteiger partial charge in [0.05, 0.1) is 12.6 Å². The van der Waals surface area contributed by atoms with E-state index < -0.39 is 0 Å². The highest BCUT2D eigenvalue weighted by Crippen LogP contribution is 2.13. The number of imidazole rings is 1. The maximum Gasteiger partial charge on any atom is 0.287 e. The Morgan fingerprint density at radius 1 is 1.43 bits per heavy atom. The predicted octanol–water partition coefficient (Wildman–Crippen LogP) is 2.34. The van der Waals surface area contributed by atoms with Gasteiger partial charge in [0.25, 0.3) is 5.91 Å². The number of hydrogen-bond donors (Lipinski definition) is 2. The van der Waals surface area contributed by atoms with Crippen LogP contribution in [0, 0.1) is 0 Å². The number of nitrogens with one attached hydrogen (secondary N) is 2. The van der Waals surface area contributed by atoms with Gasteiger partial charge in [0.1, 0.15) is 11.6 Å². The molecule has 0 saturated carbocycles. The number of aromatic amines is 1. The summed E-state index contributed by atoms with van der Waals surface area (Å²) in [5.41, 5.74) is 0. The van der Waals surface area contributed by atoms with Crippen LogP contribution in [-0.2, 0) is 6.54 Å². The van der Waals surface area contributed by atoms with E-state index in [9.17, 15) is 4.79 Å². The van der Waals surface area contributed by atoms with Crippen molar-refractivity contribution in [2.24, 2.45) is 0 Å². The molecule has 6 nitrogen and oxygen atoms in total. The predicted molar refractivity (Wildman–Crippen MR) is 79.8 cm³/mol. The van der Waals surface area contributed by atoms with Crippen molar-refractivity contribution < 1.29 is 9.21 Å². The van der Waals surface area contributed by atoms with Crippen LogP contribution in [0.15, 0.2) is 28.9 Å². The Kier molecular flexibility index (Phi) is 5.16. The van der Waals surface area contributed by atoms with Crippen molar-refractivity contribution in [3.05, 3.63) is 41.9 Å². The molecule has 0 radical (unpaired) electrons. The molecule has 1 amide bonds. The lowest BCUT2D eigenvalue weighted by Gasteiger charge is -2.15. The van der Waals surface area contributed by atoms with E-state index in [2.05, 4.69) is 34.0 Å². The van der Waals surface area contributed by atoms with E-state index in [0.717, 1.165) is 24.7 Å². The van der Waals surface area contributed by atoms with E-state index in [-0.39, 0.29) is 11.9 Å². The Bertz CT molecular complexity index is 558. The summed E-state index contributed by atoms with van der Waals surface area (Å²) in [4.78, 5) is 21.5. The summed E-state index contributed by atoms with van der Waals surface area (Å²) in [7, 11) is 0. The Morgan fingerprint density at radius 2 is 2.19 bits per heavy atom. The van der Waals surface area contributed by atoms with Crippen LogP contribution in [-0.4, -0.2) is 33.9 Å². The molecule has 0 spiro atoms. The topological polar surface area (TPSA) is 74.2 Å². The lowest BCUT2D eigenvalue weighted by atomic mass is 10.3. The van der Waals surface area contributed by atoms with Crippen LogP contribution in [0.5, 0.6) is 0 Å². The largest absolute Gasteiger partial charge is 0.455 e. The molecule has 114 valence electrons. The first-order valence-corrected chi connectivity index (χ1v) is 7.25. The van der Waals surface area contributed by atoms with Crippen LogP contribution in [0.25, 0.3) is 0 Å². The van der Waals surface area contributed by atoms with E-state index in [1.54, 1.807) is 18.5 Å². The smallest absolute Gasteiger partial charge is 0.287 e. The Balaban J connectivity index is 1.95. The molecule has 2 rings (SSSR count). The molecule has 0 bridgehead atoms. The van der Waals surface area contributed by atoms with Crippen LogP contribution in [0.3, 0.4) is 0 Å². The Morgan fingerprint density at radius 3 is 2.81 bits per heavy atom. The summed E-state index contributed by atoms with van der Waals surface area (Å²) in [6.07, 6.45) is 3.39. The molecule has 0 fully saturated rings. The fraction of sp³-hybridized carbons (Fsp3) is 0.467. The van der Waals surface area contributed by atoms with E-state index in [4.69, 9.17) is 4.42 Å². The van der Waals surface area contributed by atoms with Crippen molar-refractivity contribution >= 4 is 5.91 Å². The van der Waals surface area contributed by atoms with E-state index >= 15 is 0 Å². The van der Waals surface area contributed by atoms with E-state index in [1.807, 2.05) is 13.0 Å². The maximum atomic E-state index is 12.1. The van der Waals surface area contributed by atoms with Gasteiger partial charge in [0.2, 0.25) is 0 Å². The zero-order valence-electron chi connectivity index (χ0n) is 12.7. The second kappa shape index (κ2) is 7.08. The fourth-order valence-corrected chi connectivity index (χ4v) is 2.10. The lowest BCUT2D eigenvalue weighted by Crippen LogP contribution is -2.27. The first-order valence-electron chi connectivity index (χ1n) is 7.25. The number of H-pyrrole nitrogens is 1. The van der Waals surface area contributed by atoms with Gasteiger partial charge in [-0.05, 0) is 32.1 Å².